The SMILES string of the molecule is C[C@H]1CCCN(C(=O)c2cc(-c3ccc4ccccc4c3)on2)C1. The Morgan fingerprint density at radius 2 is 2.00 bits per heavy atom. The van der Waals surface area contributed by atoms with Crippen LogP contribution in [0.2, 0.25) is 0 Å². The average Bonchev–Trinajstić information content (AvgIpc) is 3.11. The summed E-state index contributed by atoms with van der Waals surface area (Å²) in [5.74, 6) is 1.15. The quantitative estimate of drug-likeness (QED) is 0.704. The van der Waals surface area contributed by atoms with Crippen LogP contribution in [-0.4, -0.2) is 29.1 Å². The van der Waals surface area contributed by atoms with Crippen LogP contribution in [0, 0.1) is 5.92 Å². The third kappa shape index (κ3) is 2.80. The Labute approximate surface area is 141 Å². The number of likely N-dealkylation sites (tertiary alicyclic amines) is 1. The lowest BCUT2D eigenvalue weighted by atomic mass is 10.00. The first kappa shape index (κ1) is 14.9. The second kappa shape index (κ2) is 6.11. The van der Waals surface area contributed by atoms with Crippen LogP contribution in [0.5, 0.6) is 0 Å². The minimum absolute atomic E-state index is 0.0302. The number of fused-ring (bicyclic) bond motifs is 1. The van der Waals surface area contributed by atoms with Crippen molar-refractivity contribution >= 4 is 16.7 Å². The van der Waals surface area contributed by atoms with Crippen LogP contribution in [0.25, 0.3) is 22.1 Å². The number of rotatable bonds is 2. The van der Waals surface area contributed by atoms with Gasteiger partial charge in [0.05, 0.1) is 0 Å². The second-order valence-electron chi connectivity index (χ2n) is 6.64. The minimum atomic E-state index is -0.0302. The van der Waals surface area contributed by atoms with E-state index in [4.69, 9.17) is 4.52 Å². The van der Waals surface area contributed by atoms with Gasteiger partial charge in [0.15, 0.2) is 11.5 Å². The van der Waals surface area contributed by atoms with E-state index in [-0.39, 0.29) is 5.91 Å². The fourth-order valence-corrected chi connectivity index (χ4v) is 3.39. The van der Waals surface area contributed by atoms with Crippen LogP contribution in [0.15, 0.2) is 53.1 Å². The monoisotopic (exact) mass is 320 g/mol. The van der Waals surface area contributed by atoms with Gasteiger partial charge in [-0.1, -0.05) is 48.5 Å². The zero-order chi connectivity index (χ0) is 16.5. The van der Waals surface area contributed by atoms with Crippen molar-refractivity contribution in [2.75, 3.05) is 13.1 Å². The molecule has 0 bridgehead atoms. The average molecular weight is 320 g/mol. The van der Waals surface area contributed by atoms with Crippen molar-refractivity contribution in [1.29, 1.82) is 0 Å². The van der Waals surface area contributed by atoms with Crippen LogP contribution < -0.4 is 0 Å². The molecule has 1 aromatic heterocycles. The lowest BCUT2D eigenvalue weighted by Crippen LogP contribution is -2.39. The number of piperidine rings is 1. The number of aromatic nitrogens is 1. The second-order valence-corrected chi connectivity index (χ2v) is 6.64. The minimum Gasteiger partial charge on any atom is -0.355 e. The molecule has 0 N–H and O–H groups in total. The standard InChI is InChI=1S/C20H20N2O2/c1-14-5-4-10-22(13-14)20(23)18-12-19(24-21-18)17-9-8-15-6-2-3-7-16(15)11-17/h2-3,6-9,11-12,14H,4-5,10,13H2,1H3/t14-/m0/s1. The molecule has 0 aliphatic carbocycles. The van der Waals surface area contributed by atoms with Gasteiger partial charge in [0.1, 0.15) is 0 Å². The van der Waals surface area contributed by atoms with Crippen molar-refractivity contribution in [1.82, 2.24) is 10.1 Å². The molecule has 0 spiro atoms. The molecule has 122 valence electrons. The largest absolute Gasteiger partial charge is 0.355 e. The van der Waals surface area contributed by atoms with Gasteiger partial charge in [-0.2, -0.15) is 0 Å². The predicted molar refractivity (Wildman–Crippen MR) is 93.7 cm³/mol. The first-order valence-corrected chi connectivity index (χ1v) is 8.46. The van der Waals surface area contributed by atoms with Crippen molar-refractivity contribution < 1.29 is 9.32 Å². The lowest BCUT2D eigenvalue weighted by Gasteiger charge is -2.30. The summed E-state index contributed by atoms with van der Waals surface area (Å²) >= 11 is 0. The highest BCUT2D eigenvalue weighted by Crippen LogP contribution is 2.26. The molecule has 2 aromatic carbocycles. The van der Waals surface area contributed by atoms with Crippen molar-refractivity contribution in [2.24, 2.45) is 5.92 Å². The summed E-state index contributed by atoms with van der Waals surface area (Å²) < 4.78 is 5.44. The van der Waals surface area contributed by atoms with Crippen LogP contribution in [0.4, 0.5) is 0 Å². The van der Waals surface area contributed by atoms with E-state index < -0.39 is 0 Å². The molecule has 3 aromatic rings. The number of carbonyl (C=O) groups excluding carboxylic acids is 1. The Kier molecular flexibility index (Phi) is 3.81. The molecular weight excluding hydrogens is 300 g/mol. The van der Waals surface area contributed by atoms with E-state index in [9.17, 15) is 4.79 Å². The third-order valence-corrected chi connectivity index (χ3v) is 4.71. The molecule has 1 amide bonds. The third-order valence-electron chi connectivity index (χ3n) is 4.71. The molecule has 1 saturated heterocycles. The van der Waals surface area contributed by atoms with Gasteiger partial charge in [-0.3, -0.25) is 4.79 Å². The maximum atomic E-state index is 12.6. The molecule has 1 atom stereocenters. The first-order chi connectivity index (χ1) is 11.7. The molecule has 4 nitrogen and oxygen atoms in total. The summed E-state index contributed by atoms with van der Waals surface area (Å²) in [6.45, 7) is 3.79. The molecule has 0 saturated carbocycles. The molecule has 0 radical (unpaired) electrons. The number of hydrogen-bond acceptors (Lipinski definition) is 3. The maximum absolute atomic E-state index is 12.6. The normalized spacial score (nSPS) is 18.0. The summed E-state index contributed by atoms with van der Waals surface area (Å²) in [5.41, 5.74) is 1.33. The zero-order valence-electron chi connectivity index (χ0n) is 13.7. The molecule has 24 heavy (non-hydrogen) atoms. The van der Waals surface area contributed by atoms with Gasteiger partial charge in [-0.15, -0.1) is 0 Å². The Morgan fingerprint density at radius 3 is 2.83 bits per heavy atom. The highest BCUT2D eigenvalue weighted by atomic mass is 16.5. The molecule has 0 unspecified atom stereocenters. The van der Waals surface area contributed by atoms with E-state index >= 15 is 0 Å². The maximum Gasteiger partial charge on any atom is 0.276 e. The summed E-state index contributed by atoms with van der Waals surface area (Å²) in [5, 5.41) is 6.33. The fourth-order valence-electron chi connectivity index (χ4n) is 3.39. The molecule has 2 heterocycles. The van der Waals surface area contributed by atoms with Gasteiger partial charge in [0.2, 0.25) is 0 Å². The lowest BCUT2D eigenvalue weighted by molar-refractivity contribution is 0.0672. The van der Waals surface area contributed by atoms with E-state index in [2.05, 4.69) is 36.3 Å². The van der Waals surface area contributed by atoms with Gasteiger partial charge in [-0.25, -0.2) is 0 Å². The smallest absolute Gasteiger partial charge is 0.276 e. The van der Waals surface area contributed by atoms with Gasteiger partial charge >= 0.3 is 0 Å². The van der Waals surface area contributed by atoms with Gasteiger partial charge in [-0.05, 0) is 35.6 Å². The van der Waals surface area contributed by atoms with Crippen molar-refractivity contribution in [2.45, 2.75) is 19.8 Å². The van der Waals surface area contributed by atoms with Gasteiger partial charge in [0, 0.05) is 24.7 Å². The van der Waals surface area contributed by atoms with Crippen LogP contribution in [0.3, 0.4) is 0 Å². The molecule has 1 fully saturated rings. The molecule has 4 heteroatoms. The van der Waals surface area contributed by atoms with Crippen LogP contribution in [0.1, 0.15) is 30.3 Å². The van der Waals surface area contributed by atoms with E-state index in [0.717, 1.165) is 30.5 Å². The van der Waals surface area contributed by atoms with Crippen LogP contribution >= 0.6 is 0 Å². The summed E-state index contributed by atoms with van der Waals surface area (Å²) in [6.07, 6.45) is 2.24. The molecule has 4 rings (SSSR count). The summed E-state index contributed by atoms with van der Waals surface area (Å²) in [4.78, 5) is 14.5. The van der Waals surface area contributed by atoms with E-state index in [1.165, 1.54) is 11.8 Å². The number of nitrogens with zero attached hydrogens (tertiary/aromatic N) is 2. The Hall–Kier alpha value is -2.62. The number of amides is 1. The highest BCUT2D eigenvalue weighted by molar-refractivity contribution is 5.93. The number of hydrogen-bond donors (Lipinski definition) is 0. The van der Waals surface area contributed by atoms with Crippen molar-refractivity contribution in [3.63, 3.8) is 0 Å². The molecule has 1 aliphatic heterocycles. The Bertz CT molecular complexity index is 884. The zero-order valence-corrected chi connectivity index (χ0v) is 13.7. The predicted octanol–water partition coefficient (Wildman–Crippen LogP) is 4.37. The van der Waals surface area contributed by atoms with E-state index in [1.54, 1.807) is 6.07 Å². The molecular formula is C20H20N2O2. The summed E-state index contributed by atoms with van der Waals surface area (Å²) in [7, 11) is 0. The van der Waals surface area contributed by atoms with Crippen LogP contribution in [-0.2, 0) is 0 Å². The number of carbonyl (C=O) groups is 1. The van der Waals surface area contributed by atoms with Crippen molar-refractivity contribution in [3.05, 3.63) is 54.2 Å². The Morgan fingerprint density at radius 1 is 1.17 bits per heavy atom. The fraction of sp³-hybridized carbons (Fsp3) is 0.300. The van der Waals surface area contributed by atoms with E-state index in [1.807, 2.05) is 23.1 Å². The molecule has 1 aliphatic rings. The van der Waals surface area contributed by atoms with Gasteiger partial charge in [0.25, 0.3) is 5.91 Å². The van der Waals surface area contributed by atoms with Crippen molar-refractivity contribution in [3.8, 4) is 11.3 Å². The Balaban J connectivity index is 1.60. The topological polar surface area (TPSA) is 46.3 Å². The summed E-state index contributed by atoms with van der Waals surface area (Å²) in [6, 6.07) is 16.0. The van der Waals surface area contributed by atoms with E-state index in [0.29, 0.717) is 17.4 Å². The first-order valence-electron chi connectivity index (χ1n) is 8.46. The highest BCUT2D eigenvalue weighted by Gasteiger charge is 2.24. The number of benzene rings is 2. The van der Waals surface area contributed by atoms with Gasteiger partial charge < -0.3 is 9.42 Å².